The van der Waals surface area contributed by atoms with Gasteiger partial charge in [-0.15, -0.1) is 11.3 Å². The molecule has 1 aromatic heterocycles. The maximum Gasteiger partial charge on any atom is 0.365 e. The first-order chi connectivity index (χ1) is 10.0. The molecule has 108 valence electrons. The van der Waals surface area contributed by atoms with Crippen LogP contribution in [-0.4, -0.2) is 22.7 Å². The Morgan fingerprint density at radius 1 is 1.52 bits per heavy atom. The predicted octanol–water partition coefficient (Wildman–Crippen LogP) is 3.41. The Morgan fingerprint density at radius 2 is 2.29 bits per heavy atom. The molecule has 21 heavy (non-hydrogen) atoms. The van der Waals surface area contributed by atoms with E-state index in [9.17, 15) is 10.1 Å². The quantitative estimate of drug-likeness (QED) is 0.915. The molecule has 1 heterocycles. The summed E-state index contributed by atoms with van der Waals surface area (Å²) in [5.41, 5.74) is 1.66. The summed E-state index contributed by atoms with van der Waals surface area (Å²) in [5, 5.41) is 19.8. The molecule has 0 radical (unpaired) electrons. The van der Waals surface area contributed by atoms with Crippen LogP contribution in [0.1, 0.15) is 29.2 Å². The maximum atomic E-state index is 10.8. The van der Waals surface area contributed by atoms with Crippen molar-refractivity contribution in [3.63, 3.8) is 0 Å². The zero-order valence-corrected chi connectivity index (χ0v) is 12.5. The molecular formula is C15H14N2O3S. The van der Waals surface area contributed by atoms with Crippen LogP contribution in [0.15, 0.2) is 23.6 Å². The lowest BCUT2D eigenvalue weighted by Gasteiger charge is -2.10. The third kappa shape index (κ3) is 3.58. The number of nitriles is 1. The van der Waals surface area contributed by atoms with Crippen molar-refractivity contribution in [3.05, 3.63) is 34.2 Å². The number of carboxylic acid groups (broad SMARTS) is 1. The van der Waals surface area contributed by atoms with Gasteiger partial charge in [0.2, 0.25) is 5.01 Å². The zero-order chi connectivity index (χ0) is 15.4. The zero-order valence-electron chi connectivity index (χ0n) is 11.7. The number of carbonyl (C=O) groups is 1. The lowest BCUT2D eigenvalue weighted by molar-refractivity contribution is 0.0696. The van der Waals surface area contributed by atoms with Crippen LogP contribution in [-0.2, 0) is 0 Å². The van der Waals surface area contributed by atoms with Gasteiger partial charge in [0.15, 0.2) is 0 Å². The third-order valence-electron chi connectivity index (χ3n) is 2.66. The highest BCUT2D eigenvalue weighted by molar-refractivity contribution is 7.11. The van der Waals surface area contributed by atoms with Crippen LogP contribution in [0.4, 0.5) is 0 Å². The highest BCUT2D eigenvalue weighted by Crippen LogP contribution is 2.27. The summed E-state index contributed by atoms with van der Waals surface area (Å²) in [5.74, 6) is -0.153. The fraction of sp³-hybridized carbons (Fsp3) is 0.267. The van der Waals surface area contributed by atoms with E-state index in [1.54, 1.807) is 23.6 Å². The van der Waals surface area contributed by atoms with Gasteiger partial charge in [-0.25, -0.2) is 9.78 Å². The van der Waals surface area contributed by atoms with Crippen LogP contribution in [0.3, 0.4) is 0 Å². The van der Waals surface area contributed by atoms with Crippen molar-refractivity contribution in [2.24, 2.45) is 5.92 Å². The summed E-state index contributed by atoms with van der Waals surface area (Å²) in [4.78, 5) is 14.9. The van der Waals surface area contributed by atoms with E-state index in [1.165, 1.54) is 0 Å². The molecule has 0 aliphatic carbocycles. The molecule has 0 aliphatic rings. The number of carboxylic acids is 1. The number of aromatic carboxylic acids is 1. The van der Waals surface area contributed by atoms with Crippen LogP contribution in [0.5, 0.6) is 5.75 Å². The molecule has 2 aromatic rings. The molecule has 0 saturated carbocycles. The van der Waals surface area contributed by atoms with Crippen molar-refractivity contribution in [2.45, 2.75) is 13.8 Å². The Labute approximate surface area is 126 Å². The average Bonchev–Trinajstić information content (AvgIpc) is 2.94. The monoisotopic (exact) mass is 302 g/mol. The van der Waals surface area contributed by atoms with E-state index in [0.29, 0.717) is 35.1 Å². The minimum absolute atomic E-state index is 0.0311. The van der Waals surface area contributed by atoms with Gasteiger partial charge < -0.3 is 9.84 Å². The van der Waals surface area contributed by atoms with Gasteiger partial charge in [-0.2, -0.15) is 5.26 Å². The second-order valence-corrected chi connectivity index (χ2v) is 5.73. The lowest BCUT2D eigenvalue weighted by atomic mass is 10.1. The average molecular weight is 302 g/mol. The van der Waals surface area contributed by atoms with Crippen molar-refractivity contribution < 1.29 is 14.6 Å². The summed E-state index contributed by atoms with van der Waals surface area (Å²) in [6.07, 6.45) is 0. The molecule has 5 nitrogen and oxygen atoms in total. The van der Waals surface area contributed by atoms with Gasteiger partial charge in [0, 0.05) is 10.9 Å². The number of hydrogen-bond acceptors (Lipinski definition) is 5. The highest BCUT2D eigenvalue weighted by Gasteiger charge is 2.12. The molecule has 0 saturated heterocycles. The molecule has 0 fully saturated rings. The van der Waals surface area contributed by atoms with Crippen molar-refractivity contribution in [1.29, 1.82) is 5.26 Å². The second kappa shape index (κ2) is 6.37. The molecule has 6 heteroatoms. The topological polar surface area (TPSA) is 83.2 Å². The summed E-state index contributed by atoms with van der Waals surface area (Å²) < 4.78 is 5.59. The number of benzene rings is 1. The number of rotatable bonds is 5. The Kier molecular flexibility index (Phi) is 4.55. The molecule has 0 bridgehead atoms. The van der Waals surface area contributed by atoms with Crippen LogP contribution in [0.2, 0.25) is 0 Å². The molecule has 0 amide bonds. The van der Waals surface area contributed by atoms with Crippen molar-refractivity contribution in [2.75, 3.05) is 6.61 Å². The number of aromatic nitrogens is 1. The molecule has 2 rings (SSSR count). The van der Waals surface area contributed by atoms with Gasteiger partial charge in [-0.05, 0) is 24.1 Å². The van der Waals surface area contributed by atoms with E-state index < -0.39 is 5.97 Å². The molecule has 0 aliphatic heterocycles. The lowest BCUT2D eigenvalue weighted by Crippen LogP contribution is -2.05. The normalized spacial score (nSPS) is 10.4. The largest absolute Gasteiger partial charge is 0.492 e. The second-order valence-electron chi connectivity index (χ2n) is 4.87. The van der Waals surface area contributed by atoms with E-state index in [0.717, 1.165) is 11.3 Å². The summed E-state index contributed by atoms with van der Waals surface area (Å²) in [6, 6.07) is 7.25. The van der Waals surface area contributed by atoms with Crippen LogP contribution in [0.25, 0.3) is 11.3 Å². The molecule has 1 N–H and O–H groups in total. The van der Waals surface area contributed by atoms with Gasteiger partial charge in [-0.3, -0.25) is 0 Å². The van der Waals surface area contributed by atoms with E-state index >= 15 is 0 Å². The standard InChI is InChI=1S/C15H14N2O3S/c1-9(2)7-20-13-4-3-10(5-11(13)6-16)12-8-21-14(17-12)15(18)19/h3-5,8-9H,7H2,1-2H3,(H,18,19). The molecule has 0 unspecified atom stereocenters. The van der Waals surface area contributed by atoms with E-state index in [2.05, 4.69) is 11.1 Å². The van der Waals surface area contributed by atoms with Gasteiger partial charge in [-0.1, -0.05) is 13.8 Å². The van der Waals surface area contributed by atoms with Crippen LogP contribution >= 0.6 is 11.3 Å². The van der Waals surface area contributed by atoms with Gasteiger partial charge >= 0.3 is 5.97 Å². The Bertz CT molecular complexity index is 701. The highest BCUT2D eigenvalue weighted by atomic mass is 32.1. The minimum Gasteiger partial charge on any atom is -0.492 e. The van der Waals surface area contributed by atoms with Crippen molar-refractivity contribution >= 4 is 17.3 Å². The molecular weight excluding hydrogens is 288 g/mol. The number of hydrogen-bond donors (Lipinski definition) is 1. The van der Waals surface area contributed by atoms with E-state index in [1.807, 2.05) is 13.8 Å². The van der Waals surface area contributed by atoms with E-state index in [4.69, 9.17) is 9.84 Å². The minimum atomic E-state index is -1.05. The number of nitrogens with zero attached hydrogens (tertiary/aromatic N) is 2. The van der Waals surface area contributed by atoms with Gasteiger partial charge in [0.25, 0.3) is 0 Å². The van der Waals surface area contributed by atoms with E-state index in [-0.39, 0.29) is 5.01 Å². The molecule has 0 spiro atoms. The SMILES string of the molecule is CC(C)COc1ccc(-c2csc(C(=O)O)n2)cc1C#N. The Balaban J connectivity index is 2.29. The summed E-state index contributed by atoms with van der Waals surface area (Å²) in [6.45, 7) is 4.60. The summed E-state index contributed by atoms with van der Waals surface area (Å²) in [7, 11) is 0. The van der Waals surface area contributed by atoms with Gasteiger partial charge in [0.05, 0.1) is 17.9 Å². The van der Waals surface area contributed by atoms with Gasteiger partial charge in [0.1, 0.15) is 11.8 Å². The van der Waals surface area contributed by atoms with Crippen molar-refractivity contribution in [3.8, 4) is 23.1 Å². The predicted molar refractivity (Wildman–Crippen MR) is 79.6 cm³/mol. The van der Waals surface area contributed by atoms with Crippen LogP contribution in [0, 0.1) is 17.2 Å². The maximum absolute atomic E-state index is 10.8. The summed E-state index contributed by atoms with van der Waals surface area (Å²) >= 11 is 1.06. The first kappa shape index (κ1) is 15.0. The molecule has 0 atom stereocenters. The Hall–Kier alpha value is -2.39. The number of ether oxygens (including phenoxy) is 1. The first-order valence-corrected chi connectivity index (χ1v) is 7.25. The van der Waals surface area contributed by atoms with Crippen molar-refractivity contribution in [1.82, 2.24) is 4.98 Å². The first-order valence-electron chi connectivity index (χ1n) is 6.37. The third-order valence-corrected chi connectivity index (χ3v) is 3.49. The molecule has 1 aromatic carbocycles. The smallest absolute Gasteiger partial charge is 0.365 e. The Morgan fingerprint density at radius 3 is 2.86 bits per heavy atom. The fourth-order valence-electron chi connectivity index (χ4n) is 1.66. The number of thiazole rings is 1. The fourth-order valence-corrected chi connectivity index (χ4v) is 2.33. The van der Waals surface area contributed by atoms with Crippen LogP contribution < -0.4 is 4.74 Å².